The summed E-state index contributed by atoms with van der Waals surface area (Å²) in [6.07, 6.45) is -0.675. The number of hydrogen-bond acceptors (Lipinski definition) is 4. The summed E-state index contributed by atoms with van der Waals surface area (Å²) >= 11 is 0. The fourth-order valence-corrected chi connectivity index (χ4v) is 1.46. The van der Waals surface area contributed by atoms with E-state index in [-0.39, 0.29) is 30.6 Å². The van der Waals surface area contributed by atoms with Crippen molar-refractivity contribution >= 4 is 11.9 Å². The third-order valence-electron chi connectivity index (χ3n) is 2.41. The van der Waals surface area contributed by atoms with Crippen LogP contribution in [0.15, 0.2) is 24.3 Å². The summed E-state index contributed by atoms with van der Waals surface area (Å²) in [6.45, 7) is 3.75. The van der Waals surface area contributed by atoms with E-state index < -0.39 is 11.9 Å². The number of nitrogens with one attached hydrogen (secondary N) is 1. The minimum atomic E-state index is -0.779. The molecular weight excluding hydrogens is 265 g/mol. The van der Waals surface area contributed by atoms with Gasteiger partial charge in [-0.1, -0.05) is 6.07 Å². The Labute approximate surface area is 117 Å². The molecule has 1 aromatic rings. The fraction of sp³-hybridized carbons (Fsp3) is 0.429. The van der Waals surface area contributed by atoms with Crippen LogP contribution in [0, 0.1) is 5.82 Å². The Hall–Kier alpha value is -2.11. The van der Waals surface area contributed by atoms with Crippen LogP contribution in [0.3, 0.4) is 0 Å². The Bertz CT molecular complexity index is 464. The first-order valence-electron chi connectivity index (χ1n) is 6.38. The molecule has 0 aliphatic rings. The maximum Gasteiger partial charge on any atom is 0.307 e. The van der Waals surface area contributed by atoms with Crippen molar-refractivity contribution in [3.63, 3.8) is 0 Å². The molecular formula is C14H18FNO4. The second-order valence-corrected chi connectivity index (χ2v) is 4.06. The number of benzene rings is 1. The highest BCUT2D eigenvalue weighted by molar-refractivity contribution is 5.81. The molecule has 1 unspecified atom stereocenters. The van der Waals surface area contributed by atoms with Crippen LogP contribution in [-0.4, -0.2) is 31.1 Å². The topological polar surface area (TPSA) is 64.6 Å². The molecule has 0 aromatic heterocycles. The Morgan fingerprint density at radius 3 is 2.80 bits per heavy atom. The van der Waals surface area contributed by atoms with Gasteiger partial charge in [-0.3, -0.25) is 9.59 Å². The lowest BCUT2D eigenvalue weighted by Crippen LogP contribution is -2.37. The van der Waals surface area contributed by atoms with Crippen molar-refractivity contribution in [1.29, 1.82) is 0 Å². The molecule has 1 rings (SSSR count). The van der Waals surface area contributed by atoms with Crippen molar-refractivity contribution in [1.82, 2.24) is 5.32 Å². The lowest BCUT2D eigenvalue weighted by atomic mass is 10.3. The third kappa shape index (κ3) is 5.69. The van der Waals surface area contributed by atoms with Gasteiger partial charge in [0.2, 0.25) is 0 Å². The normalized spacial score (nSPS) is 11.6. The number of ether oxygens (including phenoxy) is 2. The second-order valence-electron chi connectivity index (χ2n) is 4.06. The Kier molecular flexibility index (Phi) is 6.49. The van der Waals surface area contributed by atoms with Gasteiger partial charge in [-0.2, -0.15) is 0 Å². The average Bonchev–Trinajstić information content (AvgIpc) is 2.38. The van der Waals surface area contributed by atoms with E-state index >= 15 is 0 Å². The van der Waals surface area contributed by atoms with Crippen LogP contribution in [0.4, 0.5) is 4.39 Å². The third-order valence-corrected chi connectivity index (χ3v) is 2.41. The molecule has 1 N–H and O–H groups in total. The molecule has 6 heteroatoms. The van der Waals surface area contributed by atoms with Crippen molar-refractivity contribution in [3.8, 4) is 5.75 Å². The standard InChI is InChI=1S/C14H18FNO4/c1-3-19-13(17)7-8-16-14(18)10(2)20-12-6-4-5-11(15)9-12/h4-6,9-10H,3,7-8H2,1-2H3,(H,16,18). The van der Waals surface area contributed by atoms with Gasteiger partial charge in [0.25, 0.3) is 5.91 Å². The van der Waals surface area contributed by atoms with Crippen molar-refractivity contribution in [2.45, 2.75) is 26.4 Å². The molecule has 0 heterocycles. The average molecular weight is 283 g/mol. The largest absolute Gasteiger partial charge is 0.481 e. The zero-order chi connectivity index (χ0) is 15.0. The SMILES string of the molecule is CCOC(=O)CCNC(=O)C(C)Oc1cccc(F)c1. The summed E-state index contributed by atoms with van der Waals surface area (Å²) in [6, 6.07) is 5.54. The van der Waals surface area contributed by atoms with Gasteiger partial charge in [-0.05, 0) is 26.0 Å². The Morgan fingerprint density at radius 1 is 1.40 bits per heavy atom. The Morgan fingerprint density at radius 2 is 2.15 bits per heavy atom. The molecule has 0 fully saturated rings. The highest BCUT2D eigenvalue weighted by atomic mass is 19.1. The van der Waals surface area contributed by atoms with Gasteiger partial charge in [0.15, 0.2) is 6.10 Å². The first-order valence-corrected chi connectivity index (χ1v) is 6.38. The lowest BCUT2D eigenvalue weighted by Gasteiger charge is -2.14. The molecule has 0 radical (unpaired) electrons. The second kappa shape index (κ2) is 8.14. The number of esters is 1. The monoisotopic (exact) mass is 283 g/mol. The lowest BCUT2D eigenvalue weighted by molar-refractivity contribution is -0.143. The molecule has 0 saturated heterocycles. The number of carbonyl (C=O) groups excluding carboxylic acids is 2. The van der Waals surface area contributed by atoms with Crippen LogP contribution in [0.1, 0.15) is 20.3 Å². The van der Waals surface area contributed by atoms with Gasteiger partial charge in [0, 0.05) is 12.6 Å². The highest BCUT2D eigenvalue weighted by Gasteiger charge is 2.15. The molecule has 5 nitrogen and oxygen atoms in total. The molecule has 0 saturated carbocycles. The van der Waals surface area contributed by atoms with E-state index in [2.05, 4.69) is 5.32 Å². The van der Waals surface area contributed by atoms with E-state index in [4.69, 9.17) is 9.47 Å². The van der Waals surface area contributed by atoms with Crippen molar-refractivity contribution in [3.05, 3.63) is 30.1 Å². The van der Waals surface area contributed by atoms with E-state index in [0.29, 0.717) is 6.61 Å². The molecule has 0 spiro atoms. The Balaban J connectivity index is 2.34. The minimum absolute atomic E-state index is 0.103. The van der Waals surface area contributed by atoms with Crippen LogP contribution in [0.2, 0.25) is 0 Å². The summed E-state index contributed by atoms with van der Waals surface area (Å²) in [5, 5.41) is 2.55. The molecule has 110 valence electrons. The van der Waals surface area contributed by atoms with E-state index in [0.717, 1.165) is 0 Å². The van der Waals surface area contributed by atoms with Crippen molar-refractivity contribution in [2.24, 2.45) is 0 Å². The molecule has 1 amide bonds. The summed E-state index contributed by atoms with van der Waals surface area (Å²) in [7, 11) is 0. The summed E-state index contributed by atoms with van der Waals surface area (Å²) in [4.78, 5) is 22.8. The molecule has 1 atom stereocenters. The van der Waals surface area contributed by atoms with Crippen LogP contribution in [-0.2, 0) is 14.3 Å². The van der Waals surface area contributed by atoms with Gasteiger partial charge in [0.05, 0.1) is 13.0 Å². The van der Waals surface area contributed by atoms with E-state index in [1.807, 2.05) is 0 Å². The number of amides is 1. The van der Waals surface area contributed by atoms with Crippen LogP contribution >= 0.6 is 0 Å². The van der Waals surface area contributed by atoms with Crippen LogP contribution < -0.4 is 10.1 Å². The molecule has 1 aromatic carbocycles. The summed E-state index contributed by atoms with van der Waals surface area (Å²) in [5.41, 5.74) is 0. The maximum atomic E-state index is 13.0. The number of rotatable bonds is 7. The molecule has 0 bridgehead atoms. The predicted molar refractivity (Wildman–Crippen MR) is 70.7 cm³/mol. The molecule has 0 aliphatic carbocycles. The fourth-order valence-electron chi connectivity index (χ4n) is 1.46. The number of hydrogen-bond donors (Lipinski definition) is 1. The first kappa shape index (κ1) is 15.9. The molecule has 0 aliphatic heterocycles. The van der Waals surface area contributed by atoms with E-state index in [9.17, 15) is 14.0 Å². The van der Waals surface area contributed by atoms with Crippen molar-refractivity contribution in [2.75, 3.05) is 13.2 Å². The van der Waals surface area contributed by atoms with Crippen molar-refractivity contribution < 1.29 is 23.5 Å². The zero-order valence-corrected chi connectivity index (χ0v) is 11.5. The number of halogens is 1. The smallest absolute Gasteiger partial charge is 0.307 e. The minimum Gasteiger partial charge on any atom is -0.481 e. The van der Waals surface area contributed by atoms with Gasteiger partial charge in [-0.25, -0.2) is 4.39 Å². The summed E-state index contributed by atoms with van der Waals surface area (Å²) in [5.74, 6) is -0.902. The summed E-state index contributed by atoms with van der Waals surface area (Å²) < 4.78 is 23.0. The zero-order valence-electron chi connectivity index (χ0n) is 11.5. The van der Waals surface area contributed by atoms with Gasteiger partial charge in [-0.15, -0.1) is 0 Å². The maximum absolute atomic E-state index is 13.0. The van der Waals surface area contributed by atoms with E-state index in [1.54, 1.807) is 19.9 Å². The van der Waals surface area contributed by atoms with Gasteiger partial charge < -0.3 is 14.8 Å². The van der Waals surface area contributed by atoms with Gasteiger partial charge >= 0.3 is 5.97 Å². The van der Waals surface area contributed by atoms with Gasteiger partial charge in [0.1, 0.15) is 11.6 Å². The first-order chi connectivity index (χ1) is 9.52. The predicted octanol–water partition coefficient (Wildman–Crippen LogP) is 1.66. The van der Waals surface area contributed by atoms with Crippen LogP contribution in [0.25, 0.3) is 0 Å². The van der Waals surface area contributed by atoms with E-state index in [1.165, 1.54) is 18.2 Å². The van der Waals surface area contributed by atoms with Crippen LogP contribution in [0.5, 0.6) is 5.75 Å². The highest BCUT2D eigenvalue weighted by Crippen LogP contribution is 2.13. The molecule has 20 heavy (non-hydrogen) atoms. The number of carbonyl (C=O) groups is 2. The quantitative estimate of drug-likeness (QED) is 0.773.